The van der Waals surface area contributed by atoms with E-state index in [1.54, 1.807) is 6.07 Å². The molecule has 4 fully saturated rings. The minimum absolute atomic E-state index is 0.0210. The second kappa shape index (κ2) is 11.6. The summed E-state index contributed by atoms with van der Waals surface area (Å²) in [5, 5.41) is 14.6. The first-order chi connectivity index (χ1) is 19.9. The maximum atomic E-state index is 14.3. The third-order valence-electron chi connectivity index (χ3n) is 8.31. The van der Waals surface area contributed by atoms with Gasteiger partial charge in [-0.25, -0.2) is 8.78 Å². The van der Waals surface area contributed by atoms with E-state index in [0.29, 0.717) is 47.2 Å². The Labute approximate surface area is 237 Å². The monoisotopic (exact) mass is 564 g/mol. The summed E-state index contributed by atoms with van der Waals surface area (Å²) in [6.45, 7) is 3.44. The molecule has 4 atom stereocenters. The van der Waals surface area contributed by atoms with Crippen molar-refractivity contribution >= 4 is 16.7 Å². The third-order valence-corrected chi connectivity index (χ3v) is 8.31. The number of halogens is 2. The number of aromatic nitrogens is 3. The van der Waals surface area contributed by atoms with Crippen LogP contribution in [-0.2, 0) is 6.61 Å². The van der Waals surface area contributed by atoms with E-state index < -0.39 is 12.0 Å². The molecule has 41 heavy (non-hydrogen) atoms. The molecule has 0 aliphatic carbocycles. The maximum absolute atomic E-state index is 14.3. The number of ether oxygens (including phenoxy) is 2. The zero-order valence-corrected chi connectivity index (χ0v) is 23.0. The van der Waals surface area contributed by atoms with Crippen molar-refractivity contribution in [2.75, 3.05) is 38.2 Å². The number of phenolic OH excluding ortho intramolecular Hbond substituents is 1. The molecule has 0 radical (unpaired) electrons. The summed E-state index contributed by atoms with van der Waals surface area (Å²) in [6, 6.07) is 7.36. The zero-order chi connectivity index (χ0) is 28.5. The van der Waals surface area contributed by atoms with Crippen molar-refractivity contribution < 1.29 is 23.4 Å². The number of piperazine rings is 1. The number of phenols is 1. The van der Waals surface area contributed by atoms with E-state index in [1.165, 1.54) is 38.2 Å². The number of benzene rings is 2. The summed E-state index contributed by atoms with van der Waals surface area (Å²) in [6.07, 6.45) is 10.6. The number of nitrogens with zero attached hydrogens (tertiary/aromatic N) is 5. The number of hydrogen-bond donors (Lipinski definition) is 2. The Morgan fingerprint density at radius 2 is 1.93 bits per heavy atom. The quantitative estimate of drug-likeness (QED) is 0.451. The lowest BCUT2D eigenvalue weighted by molar-refractivity contribution is 0.291. The number of methoxy groups -OCH3 is 1. The molecule has 11 heteroatoms. The van der Waals surface area contributed by atoms with Crippen LogP contribution in [0.3, 0.4) is 0 Å². The van der Waals surface area contributed by atoms with Gasteiger partial charge in [0.05, 0.1) is 12.7 Å². The van der Waals surface area contributed by atoms with E-state index >= 15 is 0 Å². The molecule has 216 valence electrons. The van der Waals surface area contributed by atoms with Crippen molar-refractivity contribution in [3.63, 3.8) is 0 Å². The van der Waals surface area contributed by atoms with Crippen LogP contribution < -0.4 is 19.7 Å². The Morgan fingerprint density at radius 1 is 1.12 bits per heavy atom. The third kappa shape index (κ3) is 5.85. The molecule has 3 aromatic rings. The predicted molar refractivity (Wildman–Crippen MR) is 150 cm³/mol. The molecular formula is C30H34F2N6O3. The molecule has 0 spiro atoms. The summed E-state index contributed by atoms with van der Waals surface area (Å²) in [4.78, 5) is 17.7. The van der Waals surface area contributed by atoms with E-state index in [-0.39, 0.29) is 29.7 Å². The van der Waals surface area contributed by atoms with E-state index in [4.69, 9.17) is 15.9 Å². The Balaban J connectivity index is 0.000000283. The van der Waals surface area contributed by atoms with E-state index in [1.807, 2.05) is 0 Å². The van der Waals surface area contributed by atoms with E-state index in [2.05, 4.69) is 36.0 Å². The first-order valence-corrected chi connectivity index (χ1v) is 14.1. The first-order valence-electron chi connectivity index (χ1n) is 14.1. The molecule has 1 aromatic heterocycles. The number of nitrogens with one attached hydrogen (secondary N) is 1. The van der Waals surface area contributed by atoms with Gasteiger partial charge in [0.25, 0.3) is 0 Å². The number of terminal acetylenes is 1. The Kier molecular flexibility index (Phi) is 7.77. The Bertz CT molecular complexity index is 1440. The average molecular weight is 565 g/mol. The Morgan fingerprint density at radius 3 is 2.66 bits per heavy atom. The SMILES string of the molecule is C#Cc1c(F)ccc2cc(O)cc(OCc3nc(OC)nc(N4CC5CCC(C4)N5)n3)c12.FC1CC2CCCN2C1. The molecule has 9 nitrogen and oxygen atoms in total. The van der Waals surface area contributed by atoms with Crippen molar-refractivity contribution in [1.82, 2.24) is 25.2 Å². The van der Waals surface area contributed by atoms with Gasteiger partial charge < -0.3 is 24.8 Å². The number of anilines is 1. The molecule has 4 aliphatic rings. The van der Waals surface area contributed by atoms with Gasteiger partial charge in [-0.15, -0.1) is 6.42 Å². The number of alkyl halides is 1. The van der Waals surface area contributed by atoms with E-state index in [0.717, 1.165) is 38.9 Å². The second-order valence-electron chi connectivity index (χ2n) is 11.1. The maximum Gasteiger partial charge on any atom is 0.321 e. The van der Waals surface area contributed by atoms with Gasteiger partial charge in [0.2, 0.25) is 5.95 Å². The topological polar surface area (TPSA) is 95.9 Å². The van der Waals surface area contributed by atoms with Crippen molar-refractivity contribution in [3.05, 3.63) is 41.5 Å². The lowest BCUT2D eigenvalue weighted by Gasteiger charge is -2.32. The zero-order valence-electron chi connectivity index (χ0n) is 23.0. The van der Waals surface area contributed by atoms with Gasteiger partial charge in [0, 0.05) is 49.2 Å². The van der Waals surface area contributed by atoms with Crippen LogP contribution in [0.2, 0.25) is 0 Å². The van der Waals surface area contributed by atoms with Crippen LogP contribution in [0.15, 0.2) is 24.3 Å². The first kappa shape index (κ1) is 27.4. The van der Waals surface area contributed by atoms with Gasteiger partial charge in [-0.05, 0) is 56.2 Å². The fourth-order valence-corrected chi connectivity index (χ4v) is 6.45. The summed E-state index contributed by atoms with van der Waals surface area (Å²) in [5.74, 6) is 2.95. The molecule has 4 unspecified atom stereocenters. The van der Waals surface area contributed by atoms with Crippen LogP contribution in [0.4, 0.5) is 14.7 Å². The van der Waals surface area contributed by atoms with Gasteiger partial charge in [0.15, 0.2) is 5.82 Å². The second-order valence-corrected chi connectivity index (χ2v) is 11.1. The fourth-order valence-electron chi connectivity index (χ4n) is 6.45. The fraction of sp³-hybridized carbons (Fsp3) is 0.500. The molecule has 7 rings (SSSR count). The van der Waals surface area contributed by atoms with Crippen molar-refractivity contribution in [2.24, 2.45) is 0 Å². The van der Waals surface area contributed by atoms with Gasteiger partial charge >= 0.3 is 6.01 Å². The van der Waals surface area contributed by atoms with Crippen molar-refractivity contribution in [2.45, 2.75) is 63.0 Å². The van der Waals surface area contributed by atoms with Crippen LogP contribution in [-0.4, -0.2) is 82.5 Å². The number of fused-ring (bicyclic) bond motifs is 4. The van der Waals surface area contributed by atoms with Crippen LogP contribution in [0.25, 0.3) is 10.8 Å². The highest BCUT2D eigenvalue weighted by molar-refractivity contribution is 5.94. The normalized spacial score (nSPS) is 25.0. The minimum atomic E-state index is -0.534. The van der Waals surface area contributed by atoms with Gasteiger partial charge in [0.1, 0.15) is 30.1 Å². The lowest BCUT2D eigenvalue weighted by atomic mass is 10.0. The largest absolute Gasteiger partial charge is 0.508 e. The minimum Gasteiger partial charge on any atom is -0.508 e. The molecule has 4 saturated heterocycles. The van der Waals surface area contributed by atoms with Crippen molar-refractivity contribution in [1.29, 1.82) is 0 Å². The van der Waals surface area contributed by atoms with E-state index in [9.17, 15) is 13.9 Å². The van der Waals surface area contributed by atoms with Gasteiger partial charge in [-0.3, -0.25) is 4.90 Å². The number of hydrogen-bond acceptors (Lipinski definition) is 9. The molecule has 4 aliphatic heterocycles. The summed E-state index contributed by atoms with van der Waals surface area (Å²) in [7, 11) is 1.50. The van der Waals surface area contributed by atoms with Crippen LogP contribution >= 0.6 is 0 Å². The summed E-state index contributed by atoms with van der Waals surface area (Å²) < 4.78 is 38.1. The predicted octanol–water partition coefficient (Wildman–Crippen LogP) is 3.57. The lowest BCUT2D eigenvalue weighted by Crippen LogP contribution is -2.51. The molecule has 2 N–H and O–H groups in total. The Hall–Kier alpha value is -3.75. The summed E-state index contributed by atoms with van der Waals surface area (Å²) >= 11 is 0. The highest BCUT2D eigenvalue weighted by Gasteiger charge is 2.35. The molecule has 2 aromatic carbocycles. The highest BCUT2D eigenvalue weighted by Crippen LogP contribution is 2.35. The molecule has 2 bridgehead atoms. The molecule has 5 heterocycles. The van der Waals surface area contributed by atoms with Crippen LogP contribution in [0, 0.1) is 18.2 Å². The molecule has 0 amide bonds. The summed E-state index contributed by atoms with van der Waals surface area (Å²) in [5.41, 5.74) is 0.0720. The molecular weight excluding hydrogens is 530 g/mol. The standard InChI is InChI=1S/C23H22FN5O3.C7H12FN/c1-3-17-18(24)7-4-13-8-16(30)9-19(21(13)17)32-12-20-26-22(28-23(27-20)31-2)29-10-14-5-6-15(11-29)25-14;8-6-4-7-2-1-3-9(7)5-6/h1,4,7-9,14-15,25,30H,5-6,10-12H2,2H3;6-7H,1-5H2. The van der Waals surface area contributed by atoms with Crippen molar-refractivity contribution in [3.8, 4) is 29.9 Å². The number of aromatic hydroxyl groups is 1. The molecule has 0 saturated carbocycles. The smallest absolute Gasteiger partial charge is 0.321 e. The van der Waals surface area contributed by atoms with Crippen LogP contribution in [0.1, 0.15) is 43.5 Å². The van der Waals surface area contributed by atoms with Gasteiger partial charge in [-0.2, -0.15) is 15.0 Å². The highest BCUT2D eigenvalue weighted by atomic mass is 19.1. The average Bonchev–Trinajstić information content (AvgIpc) is 3.65. The van der Waals surface area contributed by atoms with Gasteiger partial charge in [-0.1, -0.05) is 12.0 Å². The van der Waals surface area contributed by atoms with Crippen LogP contribution in [0.5, 0.6) is 17.5 Å². The number of rotatable bonds is 5.